The third-order valence-corrected chi connectivity index (χ3v) is 4.83. The first-order valence-corrected chi connectivity index (χ1v) is 7.97. The van der Waals surface area contributed by atoms with E-state index < -0.39 is 10.2 Å². The van der Waals surface area contributed by atoms with Gasteiger partial charge in [-0.25, -0.2) is 4.72 Å². The highest BCUT2D eigenvalue weighted by Gasteiger charge is 2.31. The number of nitrogens with one attached hydrogen (secondary N) is 2. The highest BCUT2D eigenvalue weighted by atomic mass is 32.2. The normalized spacial score (nSPS) is 22.6. The second-order valence-electron chi connectivity index (χ2n) is 5.02. The Morgan fingerprint density at radius 3 is 2.67 bits per heavy atom. The number of hydrogen-bond acceptors (Lipinski definition) is 4. The van der Waals surface area contributed by atoms with Gasteiger partial charge in [0.1, 0.15) is 0 Å². The average Bonchev–Trinajstić information content (AvgIpc) is 2.29. The van der Waals surface area contributed by atoms with Crippen LogP contribution in [0.2, 0.25) is 0 Å². The number of piperidine rings is 1. The van der Waals surface area contributed by atoms with Crippen molar-refractivity contribution in [2.45, 2.75) is 25.3 Å². The van der Waals surface area contributed by atoms with Gasteiger partial charge >= 0.3 is 0 Å². The maximum Gasteiger partial charge on any atom is 0.279 e. The quantitative estimate of drug-likeness (QED) is 0.656. The zero-order chi connectivity index (χ0) is 13.6. The van der Waals surface area contributed by atoms with Crippen molar-refractivity contribution in [3.05, 3.63) is 0 Å². The molecule has 0 saturated carbocycles. The molecule has 1 rings (SSSR count). The van der Waals surface area contributed by atoms with Gasteiger partial charge in [0.2, 0.25) is 0 Å². The van der Waals surface area contributed by atoms with Crippen LogP contribution in [0.15, 0.2) is 0 Å². The maximum absolute atomic E-state index is 12.2. The Kier molecular flexibility index (Phi) is 6.51. The van der Waals surface area contributed by atoms with Gasteiger partial charge < -0.3 is 10.2 Å². The fourth-order valence-corrected chi connectivity index (χ4v) is 3.67. The van der Waals surface area contributed by atoms with Crippen LogP contribution in [-0.2, 0) is 10.2 Å². The second-order valence-corrected chi connectivity index (χ2v) is 6.73. The van der Waals surface area contributed by atoms with Gasteiger partial charge in [-0.1, -0.05) is 6.42 Å². The molecule has 1 unspecified atom stereocenters. The Labute approximate surface area is 111 Å². The number of nitrogens with zero attached hydrogens (tertiary/aromatic N) is 2. The fourth-order valence-electron chi connectivity index (χ4n) is 2.21. The van der Waals surface area contributed by atoms with E-state index in [2.05, 4.69) is 10.0 Å². The highest BCUT2D eigenvalue weighted by Crippen LogP contribution is 2.19. The molecular weight excluding hydrogens is 252 g/mol. The zero-order valence-electron chi connectivity index (χ0n) is 11.6. The van der Waals surface area contributed by atoms with Crippen LogP contribution in [0, 0.1) is 0 Å². The Morgan fingerprint density at radius 1 is 1.33 bits per heavy atom. The monoisotopic (exact) mass is 278 g/mol. The summed E-state index contributed by atoms with van der Waals surface area (Å²) in [6.07, 6.45) is 3.00. The molecule has 6 nitrogen and oxygen atoms in total. The number of likely N-dealkylation sites (N-methyl/N-ethyl adjacent to an activating group) is 2. The summed E-state index contributed by atoms with van der Waals surface area (Å²) in [5, 5.41) is 3.07. The molecule has 1 aliphatic rings. The molecule has 1 saturated heterocycles. The van der Waals surface area contributed by atoms with Gasteiger partial charge in [0.05, 0.1) is 0 Å². The van der Waals surface area contributed by atoms with Crippen molar-refractivity contribution in [3.8, 4) is 0 Å². The van der Waals surface area contributed by atoms with Crippen LogP contribution in [0.1, 0.15) is 19.3 Å². The minimum Gasteiger partial charge on any atom is -0.318 e. The van der Waals surface area contributed by atoms with E-state index in [-0.39, 0.29) is 6.04 Å². The molecule has 0 amide bonds. The summed E-state index contributed by atoms with van der Waals surface area (Å²) in [5.74, 6) is 0. The molecule has 18 heavy (non-hydrogen) atoms. The molecule has 1 atom stereocenters. The lowest BCUT2D eigenvalue weighted by molar-refractivity contribution is 0.245. The van der Waals surface area contributed by atoms with Crippen molar-refractivity contribution in [2.75, 3.05) is 47.3 Å². The highest BCUT2D eigenvalue weighted by molar-refractivity contribution is 7.87. The van der Waals surface area contributed by atoms with Crippen LogP contribution < -0.4 is 10.0 Å². The maximum atomic E-state index is 12.2. The van der Waals surface area contributed by atoms with E-state index in [9.17, 15) is 8.42 Å². The van der Waals surface area contributed by atoms with Gasteiger partial charge in [-0.05, 0) is 34.0 Å². The first kappa shape index (κ1) is 15.8. The molecule has 0 aromatic heterocycles. The Morgan fingerprint density at radius 2 is 2.06 bits per heavy atom. The van der Waals surface area contributed by atoms with Crippen molar-refractivity contribution >= 4 is 10.2 Å². The van der Waals surface area contributed by atoms with E-state index in [1.807, 2.05) is 26.0 Å². The zero-order valence-corrected chi connectivity index (χ0v) is 12.5. The predicted octanol–water partition coefficient (Wildman–Crippen LogP) is -0.544. The fraction of sp³-hybridized carbons (Fsp3) is 1.00. The molecule has 0 spiro atoms. The largest absolute Gasteiger partial charge is 0.318 e. The van der Waals surface area contributed by atoms with Crippen molar-refractivity contribution in [1.82, 2.24) is 19.2 Å². The van der Waals surface area contributed by atoms with Crippen LogP contribution in [0.3, 0.4) is 0 Å². The topological polar surface area (TPSA) is 64.7 Å². The molecule has 2 N–H and O–H groups in total. The molecule has 1 aliphatic heterocycles. The molecule has 0 aliphatic carbocycles. The van der Waals surface area contributed by atoms with Crippen molar-refractivity contribution in [1.29, 1.82) is 0 Å². The lowest BCUT2D eigenvalue weighted by Gasteiger charge is -2.34. The van der Waals surface area contributed by atoms with Crippen molar-refractivity contribution in [2.24, 2.45) is 0 Å². The summed E-state index contributed by atoms with van der Waals surface area (Å²) in [4.78, 5) is 1.96. The van der Waals surface area contributed by atoms with Crippen molar-refractivity contribution < 1.29 is 8.42 Å². The standard InChI is InChI=1S/C11H26N4O2S/c1-12-10-11-6-4-5-8-15(11)18(16,17)13-7-9-14(2)3/h11-13H,4-10H2,1-3H3. The van der Waals surface area contributed by atoms with Crippen LogP contribution >= 0.6 is 0 Å². The lowest BCUT2D eigenvalue weighted by atomic mass is 10.1. The van der Waals surface area contributed by atoms with Gasteiger partial charge in [0.25, 0.3) is 10.2 Å². The Balaban J connectivity index is 2.57. The summed E-state index contributed by atoms with van der Waals surface area (Å²) in [6, 6.07) is 0.0839. The van der Waals surface area contributed by atoms with Gasteiger partial charge in [0.15, 0.2) is 0 Å². The lowest BCUT2D eigenvalue weighted by Crippen LogP contribution is -2.52. The van der Waals surface area contributed by atoms with Crippen LogP contribution in [0.5, 0.6) is 0 Å². The van der Waals surface area contributed by atoms with E-state index in [4.69, 9.17) is 0 Å². The molecule has 0 aromatic carbocycles. The Bertz CT molecular complexity index is 330. The second kappa shape index (κ2) is 7.40. The molecular formula is C11H26N4O2S. The molecule has 108 valence electrons. The van der Waals surface area contributed by atoms with Crippen molar-refractivity contribution in [3.63, 3.8) is 0 Å². The molecule has 1 heterocycles. The van der Waals surface area contributed by atoms with Crippen LogP contribution in [0.4, 0.5) is 0 Å². The Hall–Kier alpha value is -0.210. The van der Waals surface area contributed by atoms with E-state index in [1.54, 1.807) is 4.31 Å². The molecule has 1 fully saturated rings. The van der Waals surface area contributed by atoms with E-state index in [1.165, 1.54) is 0 Å². The van der Waals surface area contributed by atoms with E-state index >= 15 is 0 Å². The van der Waals surface area contributed by atoms with E-state index in [0.29, 0.717) is 26.2 Å². The summed E-state index contributed by atoms with van der Waals surface area (Å²) >= 11 is 0. The molecule has 0 radical (unpaired) electrons. The predicted molar refractivity (Wildman–Crippen MR) is 73.7 cm³/mol. The van der Waals surface area contributed by atoms with Crippen LogP contribution in [-0.4, -0.2) is 71.0 Å². The third kappa shape index (κ3) is 4.81. The summed E-state index contributed by atoms with van der Waals surface area (Å²) in [7, 11) is 2.39. The number of rotatable bonds is 7. The average molecular weight is 278 g/mol. The molecule has 7 heteroatoms. The molecule has 0 bridgehead atoms. The SMILES string of the molecule is CNCC1CCCCN1S(=O)(=O)NCCN(C)C. The van der Waals surface area contributed by atoms with Gasteiger partial charge in [0, 0.05) is 32.2 Å². The summed E-state index contributed by atoms with van der Waals surface area (Å²) in [5.41, 5.74) is 0. The first-order valence-electron chi connectivity index (χ1n) is 6.53. The minimum absolute atomic E-state index is 0.0839. The number of hydrogen-bond donors (Lipinski definition) is 2. The van der Waals surface area contributed by atoms with E-state index in [0.717, 1.165) is 19.3 Å². The molecule has 0 aromatic rings. The first-order chi connectivity index (χ1) is 8.47. The minimum atomic E-state index is -3.33. The van der Waals surface area contributed by atoms with Gasteiger partial charge in [-0.15, -0.1) is 0 Å². The summed E-state index contributed by atoms with van der Waals surface area (Å²) < 4.78 is 28.7. The smallest absolute Gasteiger partial charge is 0.279 e. The third-order valence-electron chi connectivity index (χ3n) is 3.17. The summed E-state index contributed by atoms with van der Waals surface area (Å²) in [6.45, 7) is 2.51. The van der Waals surface area contributed by atoms with Gasteiger partial charge in [-0.3, -0.25) is 0 Å². The van der Waals surface area contributed by atoms with Crippen LogP contribution in [0.25, 0.3) is 0 Å². The van der Waals surface area contributed by atoms with Gasteiger partial charge in [-0.2, -0.15) is 12.7 Å².